The van der Waals surface area contributed by atoms with Crippen LogP contribution in [-0.2, 0) is 0 Å². The van der Waals surface area contributed by atoms with Crippen LogP contribution in [0.2, 0.25) is 0 Å². The van der Waals surface area contributed by atoms with Gasteiger partial charge in [-0.25, -0.2) is 19.8 Å². The van der Waals surface area contributed by atoms with Crippen LogP contribution in [0.15, 0.2) is 189 Å². The Kier molecular flexibility index (Phi) is 7.94. The van der Waals surface area contributed by atoms with Gasteiger partial charge in [-0.15, -0.1) is 0 Å². The van der Waals surface area contributed by atoms with Crippen molar-refractivity contribution in [2.45, 2.75) is 19.6 Å². The van der Waals surface area contributed by atoms with Gasteiger partial charge in [0.05, 0.1) is 29.3 Å². The van der Waals surface area contributed by atoms with Crippen molar-refractivity contribution in [2.75, 3.05) is 9.80 Å². The summed E-state index contributed by atoms with van der Waals surface area (Å²) in [6.07, 6.45) is 0. The van der Waals surface area contributed by atoms with Gasteiger partial charge in [0.25, 0.3) is 0 Å². The third kappa shape index (κ3) is 5.67. The highest BCUT2D eigenvalue weighted by molar-refractivity contribution is 8.00. The van der Waals surface area contributed by atoms with Crippen LogP contribution in [0.25, 0.3) is 39.0 Å². The van der Waals surface area contributed by atoms with Gasteiger partial charge >= 0.3 is 0 Å². The van der Waals surface area contributed by atoms with Gasteiger partial charge in [0.2, 0.25) is 0 Å². The molecule has 54 heavy (non-hydrogen) atoms. The highest BCUT2D eigenvalue weighted by Gasteiger charge is 2.26. The monoisotopic (exact) mass is 728 g/mol. The summed E-state index contributed by atoms with van der Waals surface area (Å²) in [5.41, 5.74) is 9.86. The number of fused-ring (bicyclic) bond motifs is 4. The highest BCUT2D eigenvalue weighted by Crippen LogP contribution is 2.52. The number of nitrogens with zero attached hydrogens (tertiary/aromatic N) is 6. The molecule has 0 spiro atoms. The lowest BCUT2D eigenvalue weighted by molar-refractivity contribution is 1.07. The van der Waals surface area contributed by atoms with E-state index in [2.05, 4.69) is 160 Å². The molecule has 10 rings (SSSR count). The number of para-hydroxylation sites is 4. The summed E-state index contributed by atoms with van der Waals surface area (Å²) in [6.45, 7) is 7.43. The molecular weight excluding hydrogens is 701 g/mol. The third-order valence-corrected chi connectivity index (χ3v) is 11.8. The summed E-state index contributed by atoms with van der Waals surface area (Å²) < 4.78 is 0. The molecule has 6 nitrogen and oxygen atoms in total. The molecule has 0 fully saturated rings. The lowest BCUT2D eigenvalue weighted by Crippen LogP contribution is -2.14. The van der Waals surface area contributed by atoms with E-state index in [4.69, 9.17) is 21.5 Å². The van der Waals surface area contributed by atoms with Crippen molar-refractivity contribution in [3.8, 4) is 34.2 Å². The SMILES string of the molecule is [C-]#[N+]c1ccc(-c2nc(-c3ccc(N4c5ccccc5Sc5ccccc54)cc3)nc(-c3ccc(N4c5ccccc5Sc5ccccc54)cc3)n2)cc1. The van der Waals surface area contributed by atoms with E-state index in [1.807, 2.05) is 12.1 Å². The van der Waals surface area contributed by atoms with Gasteiger partial charge in [-0.2, -0.15) is 0 Å². The maximum absolute atomic E-state index is 7.43. The number of anilines is 6. The van der Waals surface area contributed by atoms with Gasteiger partial charge in [-0.3, -0.25) is 0 Å². The molecule has 0 saturated carbocycles. The molecule has 0 aliphatic carbocycles. The molecule has 0 bridgehead atoms. The van der Waals surface area contributed by atoms with E-state index in [9.17, 15) is 0 Å². The first kappa shape index (κ1) is 32.0. The molecule has 3 heterocycles. The number of hydrogen-bond acceptors (Lipinski definition) is 7. The zero-order chi connectivity index (χ0) is 36.0. The molecule has 0 saturated heterocycles. The maximum Gasteiger partial charge on any atom is 0.187 e. The third-order valence-electron chi connectivity index (χ3n) is 9.52. The van der Waals surface area contributed by atoms with Crippen molar-refractivity contribution in [1.29, 1.82) is 0 Å². The summed E-state index contributed by atoms with van der Waals surface area (Å²) in [4.78, 5) is 28.1. The Bertz CT molecular complexity index is 2490. The first-order valence-electron chi connectivity index (χ1n) is 17.5. The molecule has 2 aliphatic rings. The highest BCUT2D eigenvalue weighted by atomic mass is 32.2. The topological polar surface area (TPSA) is 49.5 Å². The van der Waals surface area contributed by atoms with Crippen LogP contribution in [0.3, 0.4) is 0 Å². The van der Waals surface area contributed by atoms with Gasteiger partial charge in [-0.1, -0.05) is 96.3 Å². The molecule has 254 valence electrons. The number of aromatic nitrogens is 3. The summed E-state index contributed by atoms with van der Waals surface area (Å²) in [5, 5.41) is 0. The minimum atomic E-state index is 0.548. The maximum atomic E-state index is 7.43. The van der Waals surface area contributed by atoms with Crippen molar-refractivity contribution in [2.24, 2.45) is 0 Å². The average Bonchev–Trinajstić information content (AvgIpc) is 3.24. The molecule has 0 radical (unpaired) electrons. The predicted molar refractivity (Wildman–Crippen MR) is 220 cm³/mol. The van der Waals surface area contributed by atoms with Crippen molar-refractivity contribution >= 4 is 63.3 Å². The lowest BCUT2D eigenvalue weighted by Gasteiger charge is -2.32. The minimum Gasteiger partial charge on any atom is -0.308 e. The van der Waals surface area contributed by atoms with Crippen molar-refractivity contribution < 1.29 is 0 Å². The van der Waals surface area contributed by atoms with Gasteiger partial charge in [0, 0.05) is 47.6 Å². The average molecular weight is 729 g/mol. The van der Waals surface area contributed by atoms with Crippen LogP contribution in [0, 0.1) is 6.57 Å². The van der Waals surface area contributed by atoms with Crippen LogP contribution in [-0.4, -0.2) is 15.0 Å². The van der Waals surface area contributed by atoms with E-state index in [0.717, 1.165) is 50.8 Å². The molecule has 0 unspecified atom stereocenters. The molecule has 0 amide bonds. The summed E-state index contributed by atoms with van der Waals surface area (Å²) in [7, 11) is 0. The molecule has 8 aromatic rings. The second kappa shape index (κ2) is 13.4. The Hall–Kier alpha value is -6.66. The Balaban J connectivity index is 1.04. The van der Waals surface area contributed by atoms with E-state index < -0.39 is 0 Å². The second-order valence-corrected chi connectivity index (χ2v) is 15.0. The fourth-order valence-electron chi connectivity index (χ4n) is 6.93. The van der Waals surface area contributed by atoms with Crippen molar-refractivity contribution in [3.63, 3.8) is 0 Å². The summed E-state index contributed by atoms with van der Waals surface area (Å²) in [5.74, 6) is 1.70. The molecular formula is C46H28N6S2. The quantitative estimate of drug-likeness (QED) is 0.164. The molecule has 8 heteroatoms. The Morgan fingerprint density at radius 2 is 0.667 bits per heavy atom. The fourth-order valence-corrected chi connectivity index (χ4v) is 9.05. The Morgan fingerprint density at radius 1 is 0.370 bits per heavy atom. The standard InChI is InChI=1S/C46H28N6S2/c1-47-33-24-18-30(19-25-33)44-48-45(31-20-26-34(27-21-31)51-36-10-2-6-14-40(36)53-41-15-7-3-11-37(41)51)50-46(49-44)32-22-28-35(29-23-32)52-38-12-4-8-16-42(38)54-43-17-9-5-13-39(43)52/h2-29H. The molecule has 2 aliphatic heterocycles. The largest absolute Gasteiger partial charge is 0.308 e. The van der Waals surface area contributed by atoms with Gasteiger partial charge < -0.3 is 9.80 Å². The minimum absolute atomic E-state index is 0.548. The molecule has 0 atom stereocenters. The van der Waals surface area contributed by atoms with E-state index in [1.54, 1.807) is 35.7 Å². The van der Waals surface area contributed by atoms with Crippen LogP contribution in [0.4, 0.5) is 39.8 Å². The Labute approximate surface area is 321 Å². The normalized spacial score (nSPS) is 12.6. The zero-order valence-electron chi connectivity index (χ0n) is 28.7. The molecule has 7 aromatic carbocycles. The number of benzene rings is 7. The zero-order valence-corrected chi connectivity index (χ0v) is 30.3. The van der Waals surface area contributed by atoms with Crippen molar-refractivity contribution in [3.05, 3.63) is 181 Å². The van der Waals surface area contributed by atoms with Crippen molar-refractivity contribution in [1.82, 2.24) is 15.0 Å². The van der Waals surface area contributed by atoms with Crippen LogP contribution in [0.5, 0.6) is 0 Å². The number of hydrogen-bond donors (Lipinski definition) is 0. The van der Waals surface area contributed by atoms with Crippen LogP contribution >= 0.6 is 23.5 Å². The van der Waals surface area contributed by atoms with E-state index in [0.29, 0.717) is 23.2 Å². The summed E-state index contributed by atoms with van der Waals surface area (Å²) >= 11 is 3.59. The molecule has 0 N–H and O–H groups in total. The van der Waals surface area contributed by atoms with E-state index in [1.165, 1.54) is 19.6 Å². The smallest absolute Gasteiger partial charge is 0.187 e. The first-order chi connectivity index (χ1) is 26.7. The van der Waals surface area contributed by atoms with E-state index in [-0.39, 0.29) is 0 Å². The van der Waals surface area contributed by atoms with Crippen LogP contribution in [0.1, 0.15) is 0 Å². The number of rotatable bonds is 5. The Morgan fingerprint density at radius 3 is 0.981 bits per heavy atom. The fraction of sp³-hybridized carbons (Fsp3) is 0. The van der Waals surface area contributed by atoms with Crippen LogP contribution < -0.4 is 9.80 Å². The van der Waals surface area contributed by atoms with Gasteiger partial charge in [0.1, 0.15) is 0 Å². The predicted octanol–water partition coefficient (Wildman–Crippen LogP) is 13.3. The lowest BCUT2D eigenvalue weighted by atomic mass is 10.1. The first-order valence-corrected chi connectivity index (χ1v) is 19.1. The summed E-state index contributed by atoms with van der Waals surface area (Å²) in [6, 6.07) is 58.3. The van der Waals surface area contributed by atoms with Gasteiger partial charge in [0.15, 0.2) is 23.2 Å². The van der Waals surface area contributed by atoms with E-state index >= 15 is 0 Å². The second-order valence-electron chi connectivity index (χ2n) is 12.8. The van der Waals surface area contributed by atoms with Gasteiger partial charge in [-0.05, 0) is 97.1 Å². The molecule has 1 aromatic heterocycles.